The molecule has 286 valence electrons. The Morgan fingerprint density at radius 1 is 0.460 bits per heavy atom. The maximum Gasteiger partial charge on any atom is 0.306 e. The normalized spacial score (nSPS) is 13.0. The van der Waals surface area contributed by atoms with Crippen molar-refractivity contribution in [2.75, 3.05) is 0 Å². The molecular weight excluding hydrogens is 617 g/mol. The van der Waals surface area contributed by atoms with Gasteiger partial charge in [0.2, 0.25) is 0 Å². The molecule has 0 aliphatic heterocycles. The third-order valence-electron chi connectivity index (χ3n) is 9.03. The molecule has 50 heavy (non-hydrogen) atoms. The van der Waals surface area contributed by atoms with Crippen LogP contribution in [-0.4, -0.2) is 23.1 Å². The molecule has 4 heteroatoms. The summed E-state index contributed by atoms with van der Waals surface area (Å²) in [7, 11) is 0. The lowest BCUT2D eigenvalue weighted by molar-refractivity contribution is -0.149. The van der Waals surface area contributed by atoms with Gasteiger partial charge in [0.1, 0.15) is 6.10 Å². The van der Waals surface area contributed by atoms with Crippen molar-refractivity contribution in [3.63, 3.8) is 0 Å². The SMILES string of the molecule is CC/C=C\C/C=C\C/C=C\C/C=C\C/C=C\C/C=C\CCC(=O)OC(CC)CCCCCCCCCCCCCCCCCCCCC(=O)O. The zero-order chi connectivity index (χ0) is 36.4. The van der Waals surface area contributed by atoms with Crippen LogP contribution in [0.4, 0.5) is 0 Å². The maximum atomic E-state index is 12.3. The number of hydrogen-bond acceptors (Lipinski definition) is 3. The molecule has 0 aromatic rings. The van der Waals surface area contributed by atoms with E-state index in [1.807, 2.05) is 0 Å². The Balaban J connectivity index is 3.56. The zero-order valence-corrected chi connectivity index (χ0v) is 32.7. The molecule has 1 N–H and O–H groups in total. The van der Waals surface area contributed by atoms with E-state index in [1.165, 1.54) is 96.3 Å². The van der Waals surface area contributed by atoms with Crippen LogP contribution in [0.1, 0.15) is 200 Å². The number of esters is 1. The van der Waals surface area contributed by atoms with E-state index in [1.54, 1.807) is 0 Å². The Labute approximate surface area is 309 Å². The predicted octanol–water partition coefficient (Wildman–Crippen LogP) is 14.7. The molecule has 0 saturated heterocycles. The van der Waals surface area contributed by atoms with E-state index in [9.17, 15) is 9.59 Å². The van der Waals surface area contributed by atoms with E-state index in [0.29, 0.717) is 12.8 Å². The largest absolute Gasteiger partial charge is 0.481 e. The number of carbonyl (C=O) groups excluding carboxylic acids is 1. The summed E-state index contributed by atoms with van der Waals surface area (Å²) in [5.41, 5.74) is 0. The lowest BCUT2D eigenvalue weighted by atomic mass is 10.0. The highest BCUT2D eigenvalue weighted by atomic mass is 16.5. The molecule has 1 unspecified atom stereocenters. The summed E-state index contributed by atoms with van der Waals surface area (Å²) in [4.78, 5) is 22.8. The second-order valence-electron chi connectivity index (χ2n) is 13.8. The molecule has 0 fully saturated rings. The summed E-state index contributed by atoms with van der Waals surface area (Å²) in [6, 6.07) is 0. The van der Waals surface area contributed by atoms with Gasteiger partial charge in [-0.15, -0.1) is 0 Å². The maximum absolute atomic E-state index is 12.3. The number of carboxylic acids is 1. The van der Waals surface area contributed by atoms with Crippen LogP contribution in [0.2, 0.25) is 0 Å². The van der Waals surface area contributed by atoms with Gasteiger partial charge in [0, 0.05) is 12.8 Å². The molecule has 0 heterocycles. The smallest absolute Gasteiger partial charge is 0.306 e. The molecule has 0 amide bonds. The fraction of sp³-hybridized carbons (Fsp3) is 0.696. The number of ether oxygens (including phenoxy) is 1. The van der Waals surface area contributed by atoms with Crippen LogP contribution in [0.25, 0.3) is 0 Å². The Morgan fingerprint density at radius 3 is 1.16 bits per heavy atom. The lowest BCUT2D eigenvalue weighted by Crippen LogP contribution is -2.17. The standard InChI is InChI=1S/C46H78O4/c1-3-5-6-7-8-9-10-11-12-13-14-19-22-25-28-31-34-37-40-43-46(49)50-44(4-2)41-38-35-32-29-26-23-20-17-15-16-18-21-24-27-30-33-36-39-42-45(47)48/h5-6,8-9,11-12,14,19,25,28,34,37,44H,3-4,7,10,13,15-18,20-24,26-27,29-33,35-36,38-43H2,1-2H3,(H,47,48)/b6-5-,9-8-,12-11-,19-14-,28-25-,37-34-. The van der Waals surface area contributed by atoms with Crippen molar-refractivity contribution in [1.82, 2.24) is 0 Å². The minimum atomic E-state index is -0.664. The van der Waals surface area contributed by atoms with Gasteiger partial charge in [0.25, 0.3) is 0 Å². The number of hydrogen-bond donors (Lipinski definition) is 1. The molecule has 1 atom stereocenters. The number of carbonyl (C=O) groups is 2. The summed E-state index contributed by atoms with van der Waals surface area (Å²) < 4.78 is 5.76. The van der Waals surface area contributed by atoms with Crippen LogP contribution in [0.5, 0.6) is 0 Å². The average molecular weight is 695 g/mol. The van der Waals surface area contributed by atoms with Crippen molar-refractivity contribution in [3.05, 3.63) is 72.9 Å². The van der Waals surface area contributed by atoms with Gasteiger partial charge in [0.05, 0.1) is 0 Å². The first-order valence-electron chi connectivity index (χ1n) is 20.9. The Kier molecular flexibility index (Phi) is 38.7. The average Bonchev–Trinajstić information content (AvgIpc) is 3.11. The fourth-order valence-electron chi connectivity index (χ4n) is 5.91. The van der Waals surface area contributed by atoms with Crippen LogP contribution in [-0.2, 0) is 14.3 Å². The minimum absolute atomic E-state index is 0.0573. The van der Waals surface area contributed by atoms with Crippen LogP contribution in [0, 0.1) is 0 Å². The number of aliphatic carboxylic acids is 1. The molecule has 0 radical (unpaired) electrons. The van der Waals surface area contributed by atoms with Gasteiger partial charge in [-0.25, -0.2) is 0 Å². The van der Waals surface area contributed by atoms with Crippen molar-refractivity contribution >= 4 is 11.9 Å². The second-order valence-corrected chi connectivity index (χ2v) is 13.8. The summed E-state index contributed by atoms with van der Waals surface area (Å²) >= 11 is 0. The van der Waals surface area contributed by atoms with Gasteiger partial charge in [-0.05, 0) is 70.6 Å². The van der Waals surface area contributed by atoms with E-state index < -0.39 is 5.97 Å². The summed E-state index contributed by atoms with van der Waals surface area (Å²) in [5, 5.41) is 8.66. The molecule has 0 aliphatic rings. The zero-order valence-electron chi connectivity index (χ0n) is 32.7. The molecule has 0 bridgehead atoms. The van der Waals surface area contributed by atoms with Crippen molar-refractivity contribution in [1.29, 1.82) is 0 Å². The van der Waals surface area contributed by atoms with Crippen LogP contribution < -0.4 is 0 Å². The van der Waals surface area contributed by atoms with E-state index in [2.05, 4.69) is 86.8 Å². The molecule has 0 aromatic carbocycles. The number of allylic oxidation sites excluding steroid dienone is 12. The predicted molar refractivity (Wildman–Crippen MR) is 218 cm³/mol. The Hall–Kier alpha value is -2.62. The molecule has 0 saturated carbocycles. The summed E-state index contributed by atoms with van der Waals surface area (Å²) in [6.07, 6.45) is 58.9. The monoisotopic (exact) mass is 695 g/mol. The van der Waals surface area contributed by atoms with Crippen molar-refractivity contribution in [3.8, 4) is 0 Å². The molecule has 0 rings (SSSR count). The van der Waals surface area contributed by atoms with Crippen molar-refractivity contribution < 1.29 is 19.4 Å². The topological polar surface area (TPSA) is 63.6 Å². The second kappa shape index (κ2) is 40.8. The fourth-order valence-corrected chi connectivity index (χ4v) is 5.91. The van der Waals surface area contributed by atoms with Crippen molar-refractivity contribution in [2.24, 2.45) is 0 Å². The third kappa shape index (κ3) is 39.8. The van der Waals surface area contributed by atoms with Gasteiger partial charge >= 0.3 is 11.9 Å². The van der Waals surface area contributed by atoms with Gasteiger partial charge in [-0.1, -0.05) is 189 Å². The minimum Gasteiger partial charge on any atom is -0.481 e. The van der Waals surface area contributed by atoms with Gasteiger partial charge in [0.15, 0.2) is 0 Å². The first-order valence-corrected chi connectivity index (χ1v) is 20.9. The summed E-state index contributed by atoms with van der Waals surface area (Å²) in [5.74, 6) is -0.721. The van der Waals surface area contributed by atoms with E-state index in [0.717, 1.165) is 77.0 Å². The van der Waals surface area contributed by atoms with Crippen LogP contribution in [0.15, 0.2) is 72.9 Å². The van der Waals surface area contributed by atoms with Crippen molar-refractivity contribution in [2.45, 2.75) is 206 Å². The Bertz CT molecular complexity index is 922. The molecule has 0 aromatic heterocycles. The highest BCUT2D eigenvalue weighted by molar-refractivity contribution is 5.69. The quantitative estimate of drug-likeness (QED) is 0.0399. The highest BCUT2D eigenvalue weighted by Crippen LogP contribution is 2.16. The van der Waals surface area contributed by atoms with Crippen LogP contribution in [0.3, 0.4) is 0 Å². The molecular formula is C46H78O4. The number of rotatable bonds is 37. The summed E-state index contributed by atoms with van der Waals surface area (Å²) in [6.45, 7) is 4.28. The van der Waals surface area contributed by atoms with Crippen LogP contribution >= 0.6 is 0 Å². The molecule has 0 aliphatic carbocycles. The number of unbranched alkanes of at least 4 members (excludes halogenated alkanes) is 17. The van der Waals surface area contributed by atoms with Gasteiger partial charge < -0.3 is 9.84 Å². The van der Waals surface area contributed by atoms with Gasteiger partial charge in [-0.2, -0.15) is 0 Å². The lowest BCUT2D eigenvalue weighted by Gasteiger charge is -2.16. The van der Waals surface area contributed by atoms with Gasteiger partial charge in [-0.3, -0.25) is 9.59 Å². The number of carboxylic acid groups (broad SMARTS) is 1. The highest BCUT2D eigenvalue weighted by Gasteiger charge is 2.11. The third-order valence-corrected chi connectivity index (χ3v) is 9.03. The first-order chi connectivity index (χ1) is 24.6. The van der Waals surface area contributed by atoms with E-state index in [4.69, 9.17) is 9.84 Å². The molecule has 4 nitrogen and oxygen atoms in total. The Morgan fingerprint density at radius 2 is 0.800 bits per heavy atom. The molecule has 0 spiro atoms. The first kappa shape index (κ1) is 47.4. The van der Waals surface area contributed by atoms with E-state index >= 15 is 0 Å². The van der Waals surface area contributed by atoms with E-state index in [-0.39, 0.29) is 12.1 Å².